The van der Waals surface area contributed by atoms with E-state index in [1.54, 1.807) is 49.7 Å². The molecule has 0 atom stereocenters. The molecular weight excluding hydrogens is 474 g/mol. The van der Waals surface area contributed by atoms with Crippen LogP contribution in [0.4, 0.5) is 0 Å². The van der Waals surface area contributed by atoms with Crippen molar-refractivity contribution < 1.29 is 9.47 Å². The summed E-state index contributed by atoms with van der Waals surface area (Å²) in [6.07, 6.45) is 9.81. The molecule has 0 radical (unpaired) electrons. The summed E-state index contributed by atoms with van der Waals surface area (Å²) in [6, 6.07) is 18.2. The van der Waals surface area contributed by atoms with Crippen molar-refractivity contribution in [2.45, 2.75) is 31.8 Å². The number of hydrogen-bond donors (Lipinski definition) is 0. The molecule has 0 bridgehead atoms. The number of nitrogens with zero attached hydrogens (tertiary/aromatic N) is 3. The number of halogens is 1. The van der Waals surface area contributed by atoms with Gasteiger partial charge >= 0.3 is 0 Å². The van der Waals surface area contributed by atoms with E-state index in [4.69, 9.17) is 26.1 Å². The van der Waals surface area contributed by atoms with Crippen LogP contribution in [0, 0.1) is 11.3 Å². The van der Waals surface area contributed by atoms with Crippen molar-refractivity contribution in [1.82, 2.24) is 9.38 Å². The lowest BCUT2D eigenvalue weighted by Crippen LogP contribution is -2.18. The summed E-state index contributed by atoms with van der Waals surface area (Å²) in [4.78, 5) is 18.4. The Morgan fingerprint density at radius 2 is 1.86 bits per heavy atom. The normalized spacial score (nSPS) is 13.8. The Kier molecular flexibility index (Phi) is 6.75. The fourth-order valence-corrected chi connectivity index (χ4v) is 4.69. The van der Waals surface area contributed by atoms with Crippen LogP contribution in [0.15, 0.2) is 65.6 Å². The molecule has 0 saturated heterocycles. The van der Waals surface area contributed by atoms with Gasteiger partial charge in [-0.05, 0) is 73.7 Å². The summed E-state index contributed by atoms with van der Waals surface area (Å²) < 4.78 is 13.4. The minimum Gasteiger partial charge on any atom is -0.493 e. The molecular formula is C29H24ClN3O3. The molecule has 1 aliphatic rings. The van der Waals surface area contributed by atoms with E-state index >= 15 is 0 Å². The van der Waals surface area contributed by atoms with Gasteiger partial charge in [0.2, 0.25) is 0 Å². The van der Waals surface area contributed by atoms with Crippen molar-refractivity contribution in [3.63, 3.8) is 0 Å². The summed E-state index contributed by atoms with van der Waals surface area (Å²) in [5.41, 5.74) is 3.16. The zero-order valence-corrected chi connectivity index (χ0v) is 20.5. The van der Waals surface area contributed by atoms with Crippen LogP contribution in [0.5, 0.6) is 11.5 Å². The zero-order valence-electron chi connectivity index (χ0n) is 19.8. The van der Waals surface area contributed by atoms with E-state index in [9.17, 15) is 10.1 Å². The summed E-state index contributed by atoms with van der Waals surface area (Å²) in [6.45, 7) is 0. The number of pyridine rings is 1. The predicted octanol–water partition coefficient (Wildman–Crippen LogP) is 6.39. The van der Waals surface area contributed by atoms with Gasteiger partial charge in [0.1, 0.15) is 5.65 Å². The third kappa shape index (κ3) is 4.71. The number of para-hydroxylation sites is 1. The number of benzene rings is 2. The number of nitriles is 1. The first-order valence-electron chi connectivity index (χ1n) is 11.8. The first-order chi connectivity index (χ1) is 17.6. The van der Waals surface area contributed by atoms with Gasteiger partial charge < -0.3 is 9.47 Å². The first-order valence-corrected chi connectivity index (χ1v) is 12.2. The van der Waals surface area contributed by atoms with Gasteiger partial charge in [-0.15, -0.1) is 0 Å². The van der Waals surface area contributed by atoms with Gasteiger partial charge in [0, 0.05) is 11.8 Å². The molecule has 6 nitrogen and oxygen atoms in total. The predicted molar refractivity (Wildman–Crippen MR) is 141 cm³/mol. The Labute approximate surface area is 214 Å². The molecule has 1 aliphatic carbocycles. The van der Waals surface area contributed by atoms with Crippen LogP contribution < -0.4 is 15.0 Å². The maximum Gasteiger partial charge on any atom is 0.266 e. The van der Waals surface area contributed by atoms with Crippen molar-refractivity contribution in [3.05, 3.63) is 93.0 Å². The molecule has 1 fully saturated rings. The Bertz CT molecular complexity index is 1550. The number of fused-ring (bicyclic) bond motifs is 1. The average molecular weight is 498 g/mol. The monoisotopic (exact) mass is 497 g/mol. The van der Waals surface area contributed by atoms with Crippen molar-refractivity contribution in [3.8, 4) is 28.7 Å². The van der Waals surface area contributed by atoms with Crippen LogP contribution in [0.1, 0.15) is 42.5 Å². The fourth-order valence-electron chi connectivity index (χ4n) is 4.53. The molecule has 180 valence electrons. The summed E-state index contributed by atoms with van der Waals surface area (Å²) in [7, 11) is 1.63. The number of methoxy groups -OCH3 is 1. The van der Waals surface area contributed by atoms with Crippen LogP contribution in [0.2, 0.25) is 5.02 Å². The fraction of sp³-hybridized carbons (Fsp3) is 0.207. The third-order valence-electron chi connectivity index (χ3n) is 6.35. The number of ether oxygens (including phenoxy) is 2. The lowest BCUT2D eigenvalue weighted by Gasteiger charge is -2.18. The van der Waals surface area contributed by atoms with Crippen LogP contribution in [0.25, 0.3) is 28.9 Å². The number of rotatable bonds is 6. The van der Waals surface area contributed by atoms with E-state index in [0.29, 0.717) is 44.6 Å². The molecule has 1 saturated carbocycles. The quantitative estimate of drug-likeness (QED) is 0.308. The third-order valence-corrected chi connectivity index (χ3v) is 6.58. The maximum absolute atomic E-state index is 13.6. The molecule has 4 aromatic rings. The first kappa shape index (κ1) is 23.7. The Balaban J connectivity index is 1.64. The smallest absolute Gasteiger partial charge is 0.266 e. The number of aromatic nitrogens is 2. The molecule has 7 heteroatoms. The molecule has 2 aromatic carbocycles. The molecule has 0 unspecified atom stereocenters. The highest BCUT2D eigenvalue weighted by Gasteiger charge is 2.20. The Morgan fingerprint density at radius 3 is 2.58 bits per heavy atom. The maximum atomic E-state index is 13.6. The van der Waals surface area contributed by atoms with Crippen molar-refractivity contribution in [2.75, 3.05) is 7.11 Å². The highest BCUT2D eigenvalue weighted by atomic mass is 35.5. The summed E-state index contributed by atoms with van der Waals surface area (Å²) >= 11 is 6.16. The zero-order chi connectivity index (χ0) is 25.1. The van der Waals surface area contributed by atoms with Crippen LogP contribution in [0.3, 0.4) is 0 Å². The Morgan fingerprint density at radius 1 is 1.08 bits per heavy atom. The molecule has 5 rings (SSSR count). The van der Waals surface area contributed by atoms with Crippen molar-refractivity contribution >= 4 is 29.4 Å². The van der Waals surface area contributed by atoms with Crippen LogP contribution >= 0.6 is 11.6 Å². The van der Waals surface area contributed by atoms with E-state index in [1.165, 1.54) is 4.40 Å². The van der Waals surface area contributed by atoms with Crippen LogP contribution in [-0.4, -0.2) is 22.6 Å². The van der Waals surface area contributed by atoms with Gasteiger partial charge in [-0.1, -0.05) is 35.9 Å². The topological polar surface area (TPSA) is 76.6 Å². The van der Waals surface area contributed by atoms with E-state index < -0.39 is 0 Å². The van der Waals surface area contributed by atoms with Gasteiger partial charge in [-0.2, -0.15) is 5.26 Å². The minimum atomic E-state index is -0.250. The minimum absolute atomic E-state index is 0.163. The van der Waals surface area contributed by atoms with E-state index in [2.05, 4.69) is 6.07 Å². The van der Waals surface area contributed by atoms with Gasteiger partial charge in [-0.3, -0.25) is 9.20 Å². The lowest BCUT2D eigenvalue weighted by atomic mass is 10.0. The van der Waals surface area contributed by atoms with Crippen molar-refractivity contribution in [1.29, 1.82) is 5.26 Å². The van der Waals surface area contributed by atoms with Gasteiger partial charge in [0.25, 0.3) is 5.56 Å². The second-order valence-electron chi connectivity index (χ2n) is 8.68. The second-order valence-corrected chi connectivity index (χ2v) is 9.11. The number of hydrogen-bond acceptors (Lipinski definition) is 5. The molecule has 0 spiro atoms. The summed E-state index contributed by atoms with van der Waals surface area (Å²) in [5, 5.41) is 9.62. The van der Waals surface area contributed by atoms with Gasteiger partial charge in [0.05, 0.1) is 41.1 Å². The highest BCUT2D eigenvalue weighted by molar-refractivity contribution is 6.30. The SMILES string of the molecule is COc1cccc(C=Cc2nc3ccc(Cl)cn3c(=O)c2-c2ccc(C#N)cc2)c1OC1CCCC1. The molecule has 2 heterocycles. The average Bonchev–Trinajstić information content (AvgIpc) is 3.42. The van der Waals surface area contributed by atoms with E-state index in [1.807, 2.05) is 30.4 Å². The standard InChI is InChI=1S/C29H24ClN3O3/c1-35-25-8-4-5-21(28(25)36-23-6-2-3-7-23)13-15-24-27(20-11-9-19(17-31)10-12-20)29(34)33-18-22(30)14-16-26(33)32-24/h4-5,8-16,18,23H,2-3,6-7H2,1H3. The lowest BCUT2D eigenvalue weighted by molar-refractivity contribution is 0.200. The largest absolute Gasteiger partial charge is 0.493 e. The molecule has 0 aliphatic heterocycles. The molecule has 2 aromatic heterocycles. The summed E-state index contributed by atoms with van der Waals surface area (Å²) in [5.74, 6) is 1.35. The highest BCUT2D eigenvalue weighted by Crippen LogP contribution is 2.36. The van der Waals surface area contributed by atoms with Gasteiger partial charge in [-0.25, -0.2) is 4.98 Å². The Hall–Kier alpha value is -4.08. The molecule has 0 amide bonds. The van der Waals surface area contributed by atoms with Crippen molar-refractivity contribution in [2.24, 2.45) is 0 Å². The molecule has 36 heavy (non-hydrogen) atoms. The van der Waals surface area contributed by atoms with E-state index in [0.717, 1.165) is 31.2 Å². The van der Waals surface area contributed by atoms with Crippen LogP contribution in [-0.2, 0) is 0 Å². The molecule has 0 N–H and O–H groups in total. The second kappa shape index (κ2) is 10.3. The van der Waals surface area contributed by atoms with E-state index in [-0.39, 0.29) is 11.7 Å². The van der Waals surface area contributed by atoms with Gasteiger partial charge in [0.15, 0.2) is 11.5 Å².